The molecule has 8 nitrogen and oxygen atoms in total. The van der Waals surface area contributed by atoms with Crippen molar-refractivity contribution in [2.24, 2.45) is 0 Å². The van der Waals surface area contributed by atoms with E-state index >= 15 is 0 Å². The number of aromatic nitrogens is 5. The maximum absolute atomic E-state index is 12.8. The molecular weight excluding hydrogens is 378 g/mol. The third-order valence-corrected chi connectivity index (χ3v) is 5.88. The van der Waals surface area contributed by atoms with Crippen molar-refractivity contribution < 1.29 is 0 Å². The highest BCUT2D eigenvalue weighted by molar-refractivity contribution is 5.80. The minimum Gasteiger partial charge on any atom is -0.297 e. The second-order valence-corrected chi connectivity index (χ2v) is 7.73. The lowest BCUT2D eigenvalue weighted by Gasteiger charge is -2.34. The average molecular weight is 403 g/mol. The predicted molar refractivity (Wildman–Crippen MR) is 115 cm³/mol. The van der Waals surface area contributed by atoms with E-state index in [1.54, 1.807) is 4.57 Å². The van der Waals surface area contributed by atoms with Crippen molar-refractivity contribution in [3.63, 3.8) is 0 Å². The Morgan fingerprint density at radius 1 is 0.900 bits per heavy atom. The third kappa shape index (κ3) is 3.38. The van der Waals surface area contributed by atoms with Gasteiger partial charge < -0.3 is 0 Å². The van der Waals surface area contributed by atoms with Gasteiger partial charge in [0.05, 0.1) is 17.4 Å². The van der Waals surface area contributed by atoms with Gasteiger partial charge in [-0.15, -0.1) is 10.2 Å². The van der Waals surface area contributed by atoms with Gasteiger partial charge in [-0.2, -0.15) is 0 Å². The summed E-state index contributed by atoms with van der Waals surface area (Å²) in [6, 6.07) is 11.9. The highest BCUT2D eigenvalue weighted by Crippen LogP contribution is 2.17. The number of benzene rings is 1. The number of nitrogens with zero attached hydrogens (tertiary/aromatic N) is 7. The zero-order chi connectivity index (χ0) is 20.5. The number of para-hydroxylation sites is 1. The Bertz CT molecular complexity index is 1220. The second-order valence-electron chi connectivity index (χ2n) is 7.73. The van der Waals surface area contributed by atoms with Gasteiger partial charge in [-0.05, 0) is 36.8 Å². The first-order chi connectivity index (χ1) is 14.7. The Morgan fingerprint density at radius 2 is 1.60 bits per heavy atom. The normalized spacial score (nSPS) is 15.9. The molecule has 1 aliphatic rings. The fraction of sp³-hybridized carbons (Fsp3) is 0.364. The minimum absolute atomic E-state index is 0.00993. The molecule has 0 aliphatic carbocycles. The molecule has 0 saturated carbocycles. The molecule has 30 heavy (non-hydrogen) atoms. The molecule has 3 aromatic heterocycles. The van der Waals surface area contributed by atoms with Crippen molar-refractivity contribution in [3.8, 4) is 0 Å². The highest BCUT2D eigenvalue weighted by atomic mass is 16.1. The van der Waals surface area contributed by atoms with Crippen LogP contribution in [0.4, 0.5) is 0 Å². The van der Waals surface area contributed by atoms with Gasteiger partial charge in [0.1, 0.15) is 0 Å². The summed E-state index contributed by atoms with van der Waals surface area (Å²) >= 11 is 0. The van der Waals surface area contributed by atoms with E-state index in [2.05, 4.69) is 37.1 Å². The molecule has 0 radical (unpaired) electrons. The maximum Gasteiger partial charge on any atom is 0.262 e. The fourth-order valence-electron chi connectivity index (χ4n) is 4.25. The topological polar surface area (TPSA) is 71.6 Å². The van der Waals surface area contributed by atoms with Crippen LogP contribution in [0, 0.1) is 0 Å². The van der Waals surface area contributed by atoms with Crippen molar-refractivity contribution in [1.29, 1.82) is 0 Å². The molecule has 1 aromatic carbocycles. The van der Waals surface area contributed by atoms with Crippen molar-refractivity contribution in [2.45, 2.75) is 26.6 Å². The van der Waals surface area contributed by atoms with E-state index in [-0.39, 0.29) is 5.56 Å². The Labute approximate surface area is 174 Å². The van der Waals surface area contributed by atoms with E-state index < -0.39 is 0 Å². The molecule has 154 valence electrons. The lowest BCUT2D eigenvalue weighted by atomic mass is 10.2. The second kappa shape index (κ2) is 7.97. The summed E-state index contributed by atoms with van der Waals surface area (Å²) in [7, 11) is 0. The highest BCUT2D eigenvalue weighted by Gasteiger charge is 2.21. The van der Waals surface area contributed by atoms with E-state index in [1.807, 2.05) is 48.0 Å². The predicted octanol–water partition coefficient (Wildman–Crippen LogP) is 1.78. The van der Waals surface area contributed by atoms with Crippen LogP contribution in [0.1, 0.15) is 18.3 Å². The van der Waals surface area contributed by atoms with Crippen molar-refractivity contribution in [1.82, 2.24) is 33.9 Å². The minimum atomic E-state index is -0.00993. The molecule has 5 rings (SSSR count). The number of rotatable bonds is 5. The molecule has 0 amide bonds. The van der Waals surface area contributed by atoms with Gasteiger partial charge >= 0.3 is 0 Å². The largest absolute Gasteiger partial charge is 0.297 e. The van der Waals surface area contributed by atoms with E-state index in [0.29, 0.717) is 17.7 Å². The fourth-order valence-corrected chi connectivity index (χ4v) is 4.25. The van der Waals surface area contributed by atoms with Crippen LogP contribution >= 0.6 is 0 Å². The average Bonchev–Trinajstić information content (AvgIpc) is 3.20. The molecular formula is C22H25N7O. The number of hydrogen-bond donors (Lipinski definition) is 0. The van der Waals surface area contributed by atoms with Gasteiger partial charge in [0.15, 0.2) is 5.82 Å². The molecule has 0 N–H and O–H groups in total. The van der Waals surface area contributed by atoms with Crippen molar-refractivity contribution >= 4 is 16.7 Å². The summed E-state index contributed by atoms with van der Waals surface area (Å²) in [5.74, 6) is 1.50. The van der Waals surface area contributed by atoms with Crippen LogP contribution in [-0.4, -0.2) is 60.1 Å². The van der Waals surface area contributed by atoms with Gasteiger partial charge in [0.25, 0.3) is 5.56 Å². The smallest absolute Gasteiger partial charge is 0.262 e. The Kier molecular flexibility index (Phi) is 5.02. The number of hydrogen-bond acceptors (Lipinski definition) is 6. The number of pyridine rings is 1. The standard InChI is InChI=1S/C22H25N7O/c1-2-28-21(30)18-5-3-4-6-19(18)29-20(24-25-22(28)29)16-27-13-11-26(12-14-27)15-17-7-9-23-10-8-17/h3-10H,2,11-16H2,1H3. The summed E-state index contributed by atoms with van der Waals surface area (Å²) in [5.41, 5.74) is 2.16. The summed E-state index contributed by atoms with van der Waals surface area (Å²) in [6.07, 6.45) is 3.70. The van der Waals surface area contributed by atoms with Crippen LogP contribution in [0.25, 0.3) is 16.7 Å². The van der Waals surface area contributed by atoms with E-state index in [1.165, 1.54) is 5.56 Å². The molecule has 1 aliphatic heterocycles. The van der Waals surface area contributed by atoms with Crippen LogP contribution in [0.2, 0.25) is 0 Å². The first-order valence-electron chi connectivity index (χ1n) is 10.4. The summed E-state index contributed by atoms with van der Waals surface area (Å²) in [4.78, 5) is 21.8. The van der Waals surface area contributed by atoms with E-state index in [9.17, 15) is 4.79 Å². The van der Waals surface area contributed by atoms with Crippen molar-refractivity contribution in [2.75, 3.05) is 26.2 Å². The zero-order valence-corrected chi connectivity index (χ0v) is 17.1. The Balaban J connectivity index is 1.38. The Morgan fingerprint density at radius 3 is 2.33 bits per heavy atom. The first kappa shape index (κ1) is 18.9. The van der Waals surface area contributed by atoms with E-state index in [0.717, 1.165) is 50.6 Å². The number of fused-ring (bicyclic) bond motifs is 3. The molecule has 1 fully saturated rings. The molecule has 0 bridgehead atoms. The van der Waals surface area contributed by atoms with Crippen LogP contribution in [-0.2, 0) is 19.6 Å². The summed E-state index contributed by atoms with van der Waals surface area (Å²) in [6.45, 7) is 8.19. The van der Waals surface area contributed by atoms with Crippen LogP contribution in [0.15, 0.2) is 53.6 Å². The monoisotopic (exact) mass is 403 g/mol. The quantitative estimate of drug-likeness (QED) is 0.506. The molecule has 0 unspecified atom stereocenters. The lowest BCUT2D eigenvalue weighted by molar-refractivity contribution is 0.119. The third-order valence-electron chi connectivity index (χ3n) is 5.88. The van der Waals surface area contributed by atoms with Gasteiger partial charge in [-0.3, -0.25) is 28.5 Å². The lowest BCUT2D eigenvalue weighted by Crippen LogP contribution is -2.45. The molecule has 4 aromatic rings. The summed E-state index contributed by atoms with van der Waals surface area (Å²) < 4.78 is 3.75. The molecule has 0 atom stereocenters. The van der Waals surface area contributed by atoms with E-state index in [4.69, 9.17) is 0 Å². The zero-order valence-electron chi connectivity index (χ0n) is 17.1. The summed E-state index contributed by atoms with van der Waals surface area (Å²) in [5, 5.41) is 9.54. The molecule has 0 spiro atoms. The SMILES string of the molecule is CCn1c(=O)c2ccccc2n2c(CN3CCN(Cc4ccncc4)CC3)nnc12. The van der Waals surface area contributed by atoms with Crippen LogP contribution < -0.4 is 5.56 Å². The Hall–Kier alpha value is -3.10. The van der Waals surface area contributed by atoms with Gasteiger partial charge in [-0.25, -0.2) is 0 Å². The van der Waals surface area contributed by atoms with Crippen molar-refractivity contribution in [3.05, 3.63) is 70.5 Å². The number of piperazine rings is 1. The maximum atomic E-state index is 12.8. The molecule has 1 saturated heterocycles. The van der Waals surface area contributed by atoms with Crippen LogP contribution in [0.3, 0.4) is 0 Å². The van der Waals surface area contributed by atoms with Gasteiger partial charge in [0.2, 0.25) is 5.78 Å². The van der Waals surface area contributed by atoms with Gasteiger partial charge in [-0.1, -0.05) is 12.1 Å². The number of aryl methyl sites for hydroxylation is 1. The molecule has 4 heterocycles. The van der Waals surface area contributed by atoms with Gasteiger partial charge in [0, 0.05) is 51.7 Å². The molecule has 8 heteroatoms. The first-order valence-corrected chi connectivity index (χ1v) is 10.4. The van der Waals surface area contributed by atoms with Crippen LogP contribution in [0.5, 0.6) is 0 Å².